The zero-order valence-corrected chi connectivity index (χ0v) is 21.2. The van der Waals surface area contributed by atoms with E-state index in [1.54, 1.807) is 11.1 Å². The lowest BCUT2D eigenvalue weighted by molar-refractivity contribution is 0.184. The average molecular weight is 538 g/mol. The summed E-state index contributed by atoms with van der Waals surface area (Å²) in [5, 5.41) is 29.8. The SMILES string of the molecule is N#Cc1nsc(NCCNC(=O)N2CCC(Nc3ncc(Cl)c(-c4c[nH]c5ccccc45)n3)CC2)c1O. The van der Waals surface area contributed by atoms with Gasteiger partial charge < -0.3 is 30.9 Å². The van der Waals surface area contributed by atoms with E-state index in [1.165, 1.54) is 0 Å². The number of halogens is 1. The number of nitrogens with zero attached hydrogens (tertiary/aromatic N) is 5. The largest absolute Gasteiger partial charge is 0.503 e. The van der Waals surface area contributed by atoms with Crippen LogP contribution in [0.4, 0.5) is 15.7 Å². The summed E-state index contributed by atoms with van der Waals surface area (Å²) in [6, 6.07) is 9.79. The first-order valence-electron chi connectivity index (χ1n) is 11.7. The molecule has 0 unspecified atom stereocenters. The summed E-state index contributed by atoms with van der Waals surface area (Å²) >= 11 is 7.44. The van der Waals surface area contributed by atoms with Crippen LogP contribution in [0.25, 0.3) is 22.2 Å². The van der Waals surface area contributed by atoms with Crippen molar-refractivity contribution in [3.63, 3.8) is 0 Å². The highest BCUT2D eigenvalue weighted by Crippen LogP contribution is 2.33. The molecule has 5 rings (SSSR count). The second-order valence-electron chi connectivity index (χ2n) is 8.52. The molecule has 1 aliphatic rings. The summed E-state index contributed by atoms with van der Waals surface area (Å²) in [5.74, 6) is 0.344. The molecule has 0 saturated carbocycles. The molecule has 0 aliphatic carbocycles. The molecule has 37 heavy (non-hydrogen) atoms. The first-order valence-corrected chi connectivity index (χ1v) is 12.9. The second kappa shape index (κ2) is 10.9. The van der Waals surface area contributed by atoms with Gasteiger partial charge in [0.2, 0.25) is 5.95 Å². The minimum atomic E-state index is -0.161. The molecule has 0 radical (unpaired) electrons. The van der Waals surface area contributed by atoms with E-state index >= 15 is 0 Å². The number of nitriles is 1. The number of hydrogen-bond donors (Lipinski definition) is 5. The lowest BCUT2D eigenvalue weighted by Gasteiger charge is -2.32. The van der Waals surface area contributed by atoms with Crippen molar-refractivity contribution in [2.75, 3.05) is 36.8 Å². The van der Waals surface area contributed by atoms with Crippen LogP contribution in [0.5, 0.6) is 5.75 Å². The summed E-state index contributed by atoms with van der Waals surface area (Å²) in [6.07, 6.45) is 5.02. The second-order valence-corrected chi connectivity index (χ2v) is 9.70. The molecule has 2 amide bonds. The third-order valence-corrected chi connectivity index (χ3v) is 7.23. The van der Waals surface area contributed by atoms with Crippen LogP contribution < -0.4 is 16.0 Å². The maximum Gasteiger partial charge on any atom is 0.317 e. The van der Waals surface area contributed by atoms with Crippen molar-refractivity contribution in [3.05, 3.63) is 47.4 Å². The molecule has 4 aromatic rings. The van der Waals surface area contributed by atoms with E-state index in [-0.39, 0.29) is 23.5 Å². The van der Waals surface area contributed by atoms with Crippen LogP contribution in [0, 0.1) is 11.3 Å². The number of carbonyl (C=O) groups excluding carboxylic acids is 1. The van der Waals surface area contributed by atoms with E-state index in [2.05, 4.69) is 35.3 Å². The van der Waals surface area contributed by atoms with E-state index in [1.807, 2.05) is 36.5 Å². The monoisotopic (exact) mass is 537 g/mol. The summed E-state index contributed by atoms with van der Waals surface area (Å²) < 4.78 is 3.84. The van der Waals surface area contributed by atoms with Gasteiger partial charge in [0.1, 0.15) is 6.07 Å². The fourth-order valence-electron chi connectivity index (χ4n) is 4.23. The highest BCUT2D eigenvalue weighted by molar-refractivity contribution is 7.10. The van der Waals surface area contributed by atoms with E-state index in [0.29, 0.717) is 47.8 Å². The third-order valence-electron chi connectivity index (χ3n) is 6.16. The fourth-order valence-corrected chi connectivity index (χ4v) is 5.09. The number of urea groups is 1. The number of fused-ring (bicyclic) bond motifs is 1. The van der Waals surface area contributed by atoms with E-state index in [0.717, 1.165) is 40.8 Å². The maximum absolute atomic E-state index is 12.5. The molecular formula is C24H24ClN9O2S. The fraction of sp³-hybridized carbons (Fsp3) is 0.292. The molecule has 0 bridgehead atoms. The van der Waals surface area contributed by atoms with Gasteiger partial charge in [-0.05, 0) is 30.4 Å². The molecule has 11 nitrogen and oxygen atoms in total. The Labute approximate surface area is 221 Å². The number of aromatic hydroxyl groups is 1. The standard InChI is InChI=1S/C24H24ClN9O2S/c25-17-13-30-23(32-20(17)16-12-29-18-4-2-1-3-15(16)18)31-14-5-9-34(10-6-14)24(36)28-8-7-27-22-21(35)19(11-26)33-37-22/h1-4,12-14,27,29,35H,5-10H2,(H,28,36)(H,30,31,32). The maximum atomic E-state index is 12.5. The van der Waals surface area contributed by atoms with E-state index in [9.17, 15) is 9.90 Å². The molecule has 5 N–H and O–H groups in total. The smallest absolute Gasteiger partial charge is 0.317 e. The van der Waals surface area contributed by atoms with E-state index in [4.69, 9.17) is 16.9 Å². The summed E-state index contributed by atoms with van der Waals surface area (Å²) in [7, 11) is 0. The predicted octanol–water partition coefficient (Wildman–Crippen LogP) is 4.01. The Morgan fingerprint density at radius 2 is 2.11 bits per heavy atom. The Bertz CT molecular complexity index is 1460. The minimum absolute atomic E-state index is 0.00814. The molecule has 190 valence electrons. The van der Waals surface area contributed by atoms with Gasteiger partial charge in [0, 0.05) is 54.9 Å². The number of aromatic nitrogens is 4. The molecule has 1 fully saturated rings. The van der Waals surface area contributed by atoms with Crippen LogP contribution in [-0.2, 0) is 0 Å². The van der Waals surface area contributed by atoms with Crippen LogP contribution in [0.15, 0.2) is 36.7 Å². The lowest BCUT2D eigenvalue weighted by atomic mass is 10.1. The Balaban J connectivity index is 1.11. The zero-order valence-electron chi connectivity index (χ0n) is 19.7. The van der Waals surface area contributed by atoms with Gasteiger partial charge in [0.25, 0.3) is 0 Å². The zero-order chi connectivity index (χ0) is 25.8. The predicted molar refractivity (Wildman–Crippen MR) is 143 cm³/mol. The molecule has 1 saturated heterocycles. The number of hydrogen-bond acceptors (Lipinski definition) is 9. The molecule has 3 aromatic heterocycles. The lowest BCUT2D eigenvalue weighted by Crippen LogP contribution is -2.47. The van der Waals surface area contributed by atoms with Crippen LogP contribution in [0.2, 0.25) is 5.02 Å². The quantitative estimate of drug-likeness (QED) is 0.221. The van der Waals surface area contributed by atoms with Gasteiger partial charge in [-0.1, -0.05) is 29.8 Å². The highest BCUT2D eigenvalue weighted by Gasteiger charge is 2.23. The van der Waals surface area contributed by atoms with Gasteiger partial charge >= 0.3 is 6.03 Å². The molecule has 4 heterocycles. The number of piperidine rings is 1. The van der Waals surface area contributed by atoms with Gasteiger partial charge in [-0.2, -0.15) is 9.64 Å². The first kappa shape index (κ1) is 24.6. The molecule has 1 aliphatic heterocycles. The van der Waals surface area contributed by atoms with Crippen molar-refractivity contribution in [1.29, 1.82) is 5.26 Å². The van der Waals surface area contributed by atoms with Gasteiger partial charge in [0.05, 0.1) is 16.9 Å². The topological polar surface area (TPSA) is 155 Å². The molecule has 1 aromatic carbocycles. The Kier molecular flexibility index (Phi) is 7.25. The van der Waals surface area contributed by atoms with Crippen molar-refractivity contribution < 1.29 is 9.90 Å². The van der Waals surface area contributed by atoms with Gasteiger partial charge in [0.15, 0.2) is 16.4 Å². The Morgan fingerprint density at radius 3 is 2.89 bits per heavy atom. The van der Waals surface area contributed by atoms with Gasteiger partial charge in [-0.25, -0.2) is 14.8 Å². The number of carbonyl (C=O) groups is 1. The molecule has 0 spiro atoms. The summed E-state index contributed by atoms with van der Waals surface area (Å²) in [6.45, 7) is 1.96. The van der Waals surface area contributed by atoms with Crippen LogP contribution in [0.3, 0.4) is 0 Å². The highest BCUT2D eigenvalue weighted by atomic mass is 35.5. The number of likely N-dealkylation sites (tertiary alicyclic amines) is 1. The van der Waals surface area contributed by atoms with Crippen molar-refractivity contribution in [1.82, 2.24) is 29.5 Å². The summed E-state index contributed by atoms with van der Waals surface area (Å²) in [5.41, 5.74) is 2.59. The van der Waals surface area contributed by atoms with Crippen molar-refractivity contribution in [2.45, 2.75) is 18.9 Å². The van der Waals surface area contributed by atoms with Crippen LogP contribution in [-0.4, -0.2) is 67.6 Å². The number of benzene rings is 1. The summed E-state index contributed by atoms with van der Waals surface area (Å²) in [4.78, 5) is 26.6. The molecule has 13 heteroatoms. The number of amides is 2. The number of H-pyrrole nitrogens is 1. The van der Waals surface area contributed by atoms with E-state index < -0.39 is 0 Å². The Morgan fingerprint density at radius 1 is 1.30 bits per heavy atom. The number of aromatic amines is 1. The number of nitrogens with one attached hydrogen (secondary N) is 4. The Hall–Kier alpha value is -4.08. The number of rotatable bonds is 7. The van der Waals surface area contributed by atoms with Gasteiger partial charge in [-0.15, -0.1) is 0 Å². The minimum Gasteiger partial charge on any atom is -0.503 e. The third kappa shape index (κ3) is 5.37. The van der Waals surface area contributed by atoms with Crippen molar-refractivity contribution in [2.24, 2.45) is 0 Å². The average Bonchev–Trinajstić information content (AvgIpc) is 3.51. The molecule has 0 atom stereocenters. The van der Waals surface area contributed by atoms with Crippen molar-refractivity contribution >= 4 is 51.0 Å². The van der Waals surface area contributed by atoms with Crippen LogP contribution in [0.1, 0.15) is 18.5 Å². The van der Waals surface area contributed by atoms with Crippen molar-refractivity contribution in [3.8, 4) is 23.1 Å². The van der Waals surface area contributed by atoms with Crippen LogP contribution >= 0.6 is 23.1 Å². The number of anilines is 2. The van der Waals surface area contributed by atoms with Gasteiger partial charge in [-0.3, -0.25) is 0 Å². The normalized spacial score (nSPS) is 13.9. The molecular weight excluding hydrogens is 514 g/mol. The first-order chi connectivity index (χ1) is 18.0. The number of para-hydroxylation sites is 1.